The molecule has 2 aliphatic rings. The van der Waals surface area contributed by atoms with Gasteiger partial charge in [-0.25, -0.2) is 4.99 Å². The zero-order valence-electron chi connectivity index (χ0n) is 18.0. The highest BCUT2D eigenvalue weighted by Gasteiger charge is 2.37. The predicted molar refractivity (Wildman–Crippen MR) is 113 cm³/mol. The fourth-order valence-electron chi connectivity index (χ4n) is 4.25. The van der Waals surface area contributed by atoms with E-state index in [1.165, 1.54) is 64.2 Å². The van der Waals surface area contributed by atoms with Gasteiger partial charge in [0.1, 0.15) is 0 Å². The lowest BCUT2D eigenvalue weighted by Gasteiger charge is -2.31. The van der Waals surface area contributed by atoms with E-state index in [4.69, 9.17) is 18.3 Å². The van der Waals surface area contributed by atoms with Crippen molar-refractivity contribution >= 4 is 14.8 Å². The number of nitrogens with one attached hydrogen (secondary N) is 1. The average molecular weight is 400 g/mol. The fourth-order valence-corrected chi connectivity index (χ4v) is 5.96. The van der Waals surface area contributed by atoms with Crippen molar-refractivity contribution in [2.75, 3.05) is 34.9 Å². The van der Waals surface area contributed by atoms with E-state index < -0.39 is 8.80 Å². The number of rotatable bonds is 9. The van der Waals surface area contributed by atoms with Crippen LogP contribution in [0.1, 0.15) is 70.6 Å². The number of guanidine groups is 1. The fraction of sp³-hybridized carbons (Fsp3) is 0.950. The monoisotopic (exact) mass is 399 g/mol. The lowest BCUT2D eigenvalue weighted by molar-refractivity contribution is 0.122. The van der Waals surface area contributed by atoms with Crippen molar-refractivity contribution in [1.82, 2.24) is 10.2 Å². The first-order valence-electron chi connectivity index (χ1n) is 10.8. The molecule has 6 nitrogen and oxygen atoms in total. The molecular formula is C20H41N3O3Si. The molecule has 0 unspecified atom stereocenters. The average Bonchev–Trinajstić information content (AvgIpc) is 2.72. The highest BCUT2D eigenvalue weighted by molar-refractivity contribution is 6.60. The molecule has 0 bridgehead atoms. The lowest BCUT2D eigenvalue weighted by Crippen LogP contribution is -2.47. The second-order valence-corrected chi connectivity index (χ2v) is 11.1. The Morgan fingerprint density at radius 2 is 1.48 bits per heavy atom. The van der Waals surface area contributed by atoms with Gasteiger partial charge in [0.05, 0.1) is 6.04 Å². The number of aliphatic imine (C=N–C) groups is 1. The molecule has 2 saturated carbocycles. The molecule has 0 aromatic heterocycles. The van der Waals surface area contributed by atoms with Gasteiger partial charge in [-0.3, -0.25) is 0 Å². The Balaban J connectivity index is 1.94. The van der Waals surface area contributed by atoms with Crippen molar-refractivity contribution in [2.45, 2.75) is 88.8 Å². The molecule has 158 valence electrons. The molecule has 27 heavy (non-hydrogen) atoms. The predicted octanol–water partition coefficient (Wildman–Crippen LogP) is 3.80. The third-order valence-electron chi connectivity index (χ3n) is 6.09. The Labute approximate surface area is 167 Å². The molecule has 2 aliphatic carbocycles. The molecule has 0 aromatic rings. The van der Waals surface area contributed by atoms with Crippen molar-refractivity contribution in [3.63, 3.8) is 0 Å². The van der Waals surface area contributed by atoms with Crippen molar-refractivity contribution in [3.05, 3.63) is 0 Å². The van der Waals surface area contributed by atoms with Gasteiger partial charge in [-0.15, -0.1) is 0 Å². The maximum Gasteiger partial charge on any atom is 0.500 e. The van der Waals surface area contributed by atoms with Gasteiger partial charge >= 0.3 is 8.80 Å². The molecule has 0 amide bonds. The summed E-state index contributed by atoms with van der Waals surface area (Å²) in [4.78, 5) is 7.45. The molecule has 7 heteroatoms. The third kappa shape index (κ3) is 7.36. The highest BCUT2D eigenvalue weighted by Crippen LogP contribution is 2.22. The molecule has 0 radical (unpaired) electrons. The van der Waals surface area contributed by atoms with Crippen LogP contribution in [0.25, 0.3) is 0 Å². The maximum atomic E-state index is 5.55. The van der Waals surface area contributed by atoms with Crippen molar-refractivity contribution in [2.24, 2.45) is 4.99 Å². The largest absolute Gasteiger partial charge is 0.500 e. The summed E-state index contributed by atoms with van der Waals surface area (Å²) in [5.74, 6) is 1.09. The smallest absolute Gasteiger partial charge is 0.377 e. The summed E-state index contributed by atoms with van der Waals surface area (Å²) in [6, 6.07) is 1.88. The molecule has 0 atom stereocenters. The van der Waals surface area contributed by atoms with E-state index in [1.54, 1.807) is 21.3 Å². The Hall–Kier alpha value is -0.633. The van der Waals surface area contributed by atoms with Crippen LogP contribution in [0.2, 0.25) is 6.04 Å². The van der Waals surface area contributed by atoms with E-state index in [0.717, 1.165) is 25.0 Å². The Morgan fingerprint density at radius 3 is 2.04 bits per heavy atom. The zero-order valence-corrected chi connectivity index (χ0v) is 19.0. The van der Waals surface area contributed by atoms with Crippen LogP contribution < -0.4 is 5.32 Å². The second kappa shape index (κ2) is 12.0. The summed E-state index contributed by atoms with van der Waals surface area (Å²) in [6.45, 7) is 0.927. The summed E-state index contributed by atoms with van der Waals surface area (Å²) in [5, 5.41) is 3.79. The summed E-state index contributed by atoms with van der Waals surface area (Å²) in [6.07, 6.45) is 14.0. The first-order chi connectivity index (χ1) is 13.1. The number of nitrogens with zero attached hydrogens (tertiary/aromatic N) is 2. The summed E-state index contributed by atoms with van der Waals surface area (Å²) < 4.78 is 16.7. The van der Waals surface area contributed by atoms with Crippen molar-refractivity contribution < 1.29 is 13.3 Å². The van der Waals surface area contributed by atoms with E-state index in [1.807, 2.05) is 0 Å². The van der Waals surface area contributed by atoms with Gasteiger partial charge in [-0.05, 0) is 32.1 Å². The van der Waals surface area contributed by atoms with Crippen molar-refractivity contribution in [1.29, 1.82) is 0 Å². The number of hydrogen-bond acceptors (Lipinski definition) is 4. The van der Waals surface area contributed by atoms with E-state index >= 15 is 0 Å². The Bertz CT molecular complexity index is 426. The van der Waals surface area contributed by atoms with E-state index in [-0.39, 0.29) is 0 Å². The molecule has 2 fully saturated rings. The zero-order chi connectivity index (χ0) is 19.5. The highest BCUT2D eigenvalue weighted by atomic mass is 28.4. The standard InChI is InChI=1S/C20H41N3O3Si/c1-23(16-11-17-27(24-2,25-3)26-4)20(21-18-12-7-5-8-13-18)22-19-14-9-6-10-15-19/h18-19H,5-17H2,1-4H3,(H,21,22). The van der Waals surface area contributed by atoms with Crippen LogP contribution in [-0.2, 0) is 13.3 Å². The minimum Gasteiger partial charge on any atom is -0.377 e. The molecule has 1 N–H and O–H groups in total. The van der Waals surface area contributed by atoms with Gasteiger partial charge in [-0.1, -0.05) is 38.5 Å². The molecule has 0 aromatic carbocycles. The van der Waals surface area contributed by atoms with Crippen LogP contribution in [0, 0.1) is 0 Å². The second-order valence-electron chi connectivity index (χ2n) is 8.04. The van der Waals surface area contributed by atoms with Gasteiger partial charge in [0.25, 0.3) is 0 Å². The van der Waals surface area contributed by atoms with Gasteiger partial charge in [0, 0.05) is 47.0 Å². The molecule has 0 aliphatic heterocycles. The molecule has 0 heterocycles. The topological polar surface area (TPSA) is 55.3 Å². The molecule has 2 rings (SSSR count). The quantitative estimate of drug-likeness (QED) is 0.363. The van der Waals surface area contributed by atoms with Crippen LogP contribution >= 0.6 is 0 Å². The van der Waals surface area contributed by atoms with E-state index in [0.29, 0.717) is 12.1 Å². The SMILES string of the molecule is CO[Si](CCCN(C)/C(=N/C1CCCCC1)NC1CCCCC1)(OC)OC. The lowest BCUT2D eigenvalue weighted by atomic mass is 9.95. The Morgan fingerprint density at radius 1 is 0.926 bits per heavy atom. The van der Waals surface area contributed by atoms with Gasteiger partial charge < -0.3 is 23.5 Å². The summed E-state index contributed by atoms with van der Waals surface area (Å²) in [7, 11) is 4.72. The van der Waals surface area contributed by atoms with E-state index in [9.17, 15) is 0 Å². The first kappa shape index (κ1) is 22.7. The van der Waals surface area contributed by atoms with Gasteiger partial charge in [-0.2, -0.15) is 0 Å². The molecule has 0 saturated heterocycles. The maximum absolute atomic E-state index is 5.55. The molecule has 0 spiro atoms. The minimum atomic E-state index is -2.49. The Kier molecular flexibility index (Phi) is 10.1. The van der Waals surface area contributed by atoms with Gasteiger partial charge in [0.2, 0.25) is 0 Å². The number of hydrogen-bond donors (Lipinski definition) is 1. The van der Waals surface area contributed by atoms with Crippen LogP contribution in [0.3, 0.4) is 0 Å². The van der Waals surface area contributed by atoms with Crippen LogP contribution in [0.5, 0.6) is 0 Å². The molecular weight excluding hydrogens is 358 g/mol. The van der Waals surface area contributed by atoms with Crippen LogP contribution in [-0.4, -0.2) is 66.7 Å². The van der Waals surface area contributed by atoms with Crippen LogP contribution in [0.4, 0.5) is 0 Å². The van der Waals surface area contributed by atoms with Gasteiger partial charge in [0.15, 0.2) is 5.96 Å². The van der Waals surface area contributed by atoms with E-state index in [2.05, 4.69) is 17.3 Å². The van der Waals surface area contributed by atoms with Crippen LogP contribution in [0.15, 0.2) is 4.99 Å². The minimum absolute atomic E-state index is 0.484. The summed E-state index contributed by atoms with van der Waals surface area (Å²) in [5.41, 5.74) is 0. The normalized spacial score (nSPS) is 20.7. The van der Waals surface area contributed by atoms with Crippen molar-refractivity contribution in [3.8, 4) is 0 Å². The first-order valence-corrected chi connectivity index (χ1v) is 12.8. The summed E-state index contributed by atoms with van der Waals surface area (Å²) >= 11 is 0. The third-order valence-corrected chi connectivity index (χ3v) is 8.92.